The first-order chi connectivity index (χ1) is 7.07. The van der Waals surface area contributed by atoms with Crippen LogP contribution in [0.4, 0.5) is 0 Å². The van der Waals surface area contributed by atoms with E-state index in [1.165, 1.54) is 0 Å². The Hall–Kier alpha value is -0.320. The third-order valence-corrected chi connectivity index (χ3v) is 2.11. The maximum absolute atomic E-state index is 11.4. The maximum Gasteiger partial charge on any atom is 0.248 e. The Morgan fingerprint density at radius 2 is 2.00 bits per heavy atom. The van der Waals surface area contributed by atoms with Crippen LogP contribution in [0.3, 0.4) is 0 Å². The average molecular weight is 253 g/mol. The van der Waals surface area contributed by atoms with Gasteiger partial charge in [-0.05, 0) is 32.2 Å². The summed E-state index contributed by atoms with van der Waals surface area (Å²) in [6, 6.07) is 0. The molecule has 5 heteroatoms. The van der Waals surface area contributed by atoms with E-state index in [-0.39, 0.29) is 24.4 Å². The molecule has 0 aromatic heterocycles. The number of halogens is 1. The van der Waals surface area contributed by atoms with Crippen LogP contribution >= 0.6 is 12.4 Å². The molecule has 0 aromatic carbocycles. The van der Waals surface area contributed by atoms with Crippen LogP contribution in [0.25, 0.3) is 0 Å². The molecule has 0 spiro atoms. The van der Waals surface area contributed by atoms with Crippen molar-refractivity contribution in [3.05, 3.63) is 0 Å². The van der Waals surface area contributed by atoms with Crippen LogP contribution in [0, 0.1) is 5.92 Å². The number of carbonyl (C=O) groups is 1. The smallest absolute Gasteiger partial charge is 0.248 e. The monoisotopic (exact) mass is 252 g/mol. The molecule has 0 radical (unpaired) electrons. The summed E-state index contributed by atoms with van der Waals surface area (Å²) in [7, 11) is 0. The van der Waals surface area contributed by atoms with Crippen LogP contribution < -0.4 is 11.1 Å². The summed E-state index contributed by atoms with van der Waals surface area (Å²) in [4.78, 5) is 11.4. The largest absolute Gasteiger partial charge is 0.369 e. The van der Waals surface area contributed by atoms with Crippen LogP contribution in [0.1, 0.15) is 33.6 Å². The zero-order chi connectivity index (χ0) is 11.7. The number of nitrogens with one attached hydrogen (secondary N) is 1. The second-order valence-electron chi connectivity index (χ2n) is 4.13. The molecule has 4 nitrogen and oxygen atoms in total. The second-order valence-corrected chi connectivity index (χ2v) is 4.13. The van der Waals surface area contributed by atoms with Crippen molar-refractivity contribution in [1.82, 2.24) is 5.32 Å². The quantitative estimate of drug-likeness (QED) is 0.641. The van der Waals surface area contributed by atoms with E-state index in [0.717, 1.165) is 12.8 Å². The number of ether oxygens (including phenoxy) is 1. The molecule has 0 rings (SSSR count). The van der Waals surface area contributed by atoms with Crippen LogP contribution in [-0.4, -0.2) is 31.7 Å². The first kappa shape index (κ1) is 18.1. The van der Waals surface area contributed by atoms with Crippen LogP contribution in [0.5, 0.6) is 0 Å². The molecule has 1 amide bonds. The van der Waals surface area contributed by atoms with Crippen LogP contribution in [0.2, 0.25) is 0 Å². The standard InChI is InChI=1S/C11H24N2O2.ClH/c1-9(2)5-8-15-10(3)11(14)13-7-4-6-12;/h9-10H,4-8,12H2,1-3H3,(H,13,14);1H. The molecule has 16 heavy (non-hydrogen) atoms. The molecule has 0 aromatic rings. The van der Waals surface area contributed by atoms with Gasteiger partial charge >= 0.3 is 0 Å². The highest BCUT2D eigenvalue weighted by atomic mass is 35.5. The molecule has 1 unspecified atom stereocenters. The number of amides is 1. The maximum atomic E-state index is 11.4. The Morgan fingerprint density at radius 3 is 2.50 bits per heavy atom. The van der Waals surface area contributed by atoms with Crippen molar-refractivity contribution < 1.29 is 9.53 Å². The fourth-order valence-electron chi connectivity index (χ4n) is 1.01. The minimum absolute atomic E-state index is 0. The molecule has 0 aliphatic rings. The molecule has 0 aliphatic heterocycles. The number of hydrogen-bond donors (Lipinski definition) is 2. The van der Waals surface area contributed by atoms with Crippen molar-refractivity contribution in [2.45, 2.75) is 39.7 Å². The highest BCUT2D eigenvalue weighted by molar-refractivity contribution is 5.85. The van der Waals surface area contributed by atoms with Gasteiger partial charge in [0.25, 0.3) is 0 Å². The molecule has 0 aliphatic carbocycles. The molecule has 1 atom stereocenters. The molecule has 0 fully saturated rings. The zero-order valence-electron chi connectivity index (χ0n) is 10.5. The fourth-order valence-corrected chi connectivity index (χ4v) is 1.01. The normalized spacial score (nSPS) is 12.1. The number of rotatable bonds is 8. The van der Waals surface area contributed by atoms with Gasteiger partial charge in [0.2, 0.25) is 5.91 Å². The third-order valence-electron chi connectivity index (χ3n) is 2.11. The van der Waals surface area contributed by atoms with E-state index < -0.39 is 0 Å². The third kappa shape index (κ3) is 10.2. The number of carbonyl (C=O) groups excluding carboxylic acids is 1. The Balaban J connectivity index is 0. The Bertz CT molecular complexity index is 177. The summed E-state index contributed by atoms with van der Waals surface area (Å²) in [6.07, 6.45) is 1.44. The SMILES string of the molecule is CC(C)CCOC(C)C(=O)NCCCN.Cl. The summed E-state index contributed by atoms with van der Waals surface area (Å²) in [5.74, 6) is 0.560. The Morgan fingerprint density at radius 1 is 1.38 bits per heavy atom. The molecule has 0 bridgehead atoms. The number of hydrogen-bond acceptors (Lipinski definition) is 3. The molecule has 0 heterocycles. The van der Waals surface area contributed by atoms with Crippen molar-refractivity contribution in [2.75, 3.05) is 19.7 Å². The molecule has 98 valence electrons. The van der Waals surface area contributed by atoms with Gasteiger partial charge in [-0.15, -0.1) is 12.4 Å². The number of nitrogens with two attached hydrogens (primary N) is 1. The van der Waals surface area contributed by atoms with Gasteiger partial charge in [-0.1, -0.05) is 13.8 Å². The lowest BCUT2D eigenvalue weighted by molar-refractivity contribution is -0.131. The summed E-state index contributed by atoms with van der Waals surface area (Å²) in [5.41, 5.74) is 5.32. The van der Waals surface area contributed by atoms with E-state index in [2.05, 4.69) is 19.2 Å². The highest BCUT2D eigenvalue weighted by Crippen LogP contribution is 2.01. The Labute approximate surface area is 105 Å². The minimum atomic E-state index is -0.360. The van der Waals surface area contributed by atoms with Crippen molar-refractivity contribution in [1.29, 1.82) is 0 Å². The summed E-state index contributed by atoms with van der Waals surface area (Å²) in [6.45, 7) is 7.92. The highest BCUT2D eigenvalue weighted by Gasteiger charge is 2.12. The van der Waals surface area contributed by atoms with E-state index in [4.69, 9.17) is 10.5 Å². The van der Waals surface area contributed by atoms with E-state index in [1.807, 2.05) is 0 Å². The van der Waals surface area contributed by atoms with Crippen molar-refractivity contribution in [3.8, 4) is 0 Å². The summed E-state index contributed by atoms with van der Waals surface area (Å²) >= 11 is 0. The van der Waals surface area contributed by atoms with Gasteiger partial charge in [-0.2, -0.15) is 0 Å². The van der Waals surface area contributed by atoms with Gasteiger partial charge in [-0.25, -0.2) is 0 Å². The molecule has 3 N–H and O–H groups in total. The van der Waals surface area contributed by atoms with Gasteiger partial charge < -0.3 is 15.8 Å². The fraction of sp³-hybridized carbons (Fsp3) is 0.909. The lowest BCUT2D eigenvalue weighted by Gasteiger charge is -2.13. The molecular weight excluding hydrogens is 228 g/mol. The lowest BCUT2D eigenvalue weighted by Crippen LogP contribution is -2.35. The van der Waals surface area contributed by atoms with Gasteiger partial charge in [0.1, 0.15) is 6.10 Å². The first-order valence-electron chi connectivity index (χ1n) is 5.67. The Kier molecular flexibility index (Phi) is 12.6. The van der Waals surface area contributed by atoms with Crippen LogP contribution in [0.15, 0.2) is 0 Å². The van der Waals surface area contributed by atoms with Crippen molar-refractivity contribution in [3.63, 3.8) is 0 Å². The predicted octanol–water partition coefficient (Wildman–Crippen LogP) is 1.32. The molecule has 0 saturated heterocycles. The van der Waals surface area contributed by atoms with Gasteiger partial charge in [-0.3, -0.25) is 4.79 Å². The molecule has 0 saturated carbocycles. The zero-order valence-corrected chi connectivity index (χ0v) is 11.3. The van der Waals surface area contributed by atoms with Crippen molar-refractivity contribution in [2.24, 2.45) is 11.7 Å². The van der Waals surface area contributed by atoms with Gasteiger partial charge in [0, 0.05) is 13.2 Å². The van der Waals surface area contributed by atoms with E-state index >= 15 is 0 Å². The van der Waals surface area contributed by atoms with Gasteiger partial charge in [0.15, 0.2) is 0 Å². The molecular formula is C11H25ClN2O2. The second kappa shape index (κ2) is 11.2. The first-order valence-corrected chi connectivity index (χ1v) is 5.67. The predicted molar refractivity (Wildman–Crippen MR) is 68.8 cm³/mol. The van der Waals surface area contributed by atoms with E-state index in [0.29, 0.717) is 25.6 Å². The van der Waals surface area contributed by atoms with E-state index in [9.17, 15) is 4.79 Å². The van der Waals surface area contributed by atoms with Crippen LogP contribution in [-0.2, 0) is 9.53 Å². The summed E-state index contributed by atoms with van der Waals surface area (Å²) < 4.78 is 5.40. The lowest BCUT2D eigenvalue weighted by atomic mass is 10.1. The average Bonchev–Trinajstić information content (AvgIpc) is 2.17. The van der Waals surface area contributed by atoms with E-state index in [1.54, 1.807) is 6.92 Å². The minimum Gasteiger partial charge on any atom is -0.369 e. The van der Waals surface area contributed by atoms with Gasteiger partial charge in [0.05, 0.1) is 0 Å². The van der Waals surface area contributed by atoms with Crippen molar-refractivity contribution >= 4 is 18.3 Å². The topological polar surface area (TPSA) is 64.3 Å². The summed E-state index contributed by atoms with van der Waals surface area (Å²) in [5, 5.41) is 2.78.